The summed E-state index contributed by atoms with van der Waals surface area (Å²) < 4.78 is 5.37. The topological polar surface area (TPSA) is 66.8 Å². The van der Waals surface area contributed by atoms with E-state index in [1.165, 1.54) is 5.56 Å². The maximum Gasteiger partial charge on any atom is 0.306 e. The molecule has 0 saturated carbocycles. The SMILES string of the molecule is Cc1cccc(CCC(=O)N2CCO[C@H](CC(=O)O)C2)c1. The molecule has 114 valence electrons. The maximum absolute atomic E-state index is 12.2. The highest BCUT2D eigenvalue weighted by molar-refractivity contribution is 5.76. The summed E-state index contributed by atoms with van der Waals surface area (Å²) in [6.07, 6.45) is 0.714. The van der Waals surface area contributed by atoms with Gasteiger partial charge in [-0.3, -0.25) is 9.59 Å². The lowest BCUT2D eigenvalue weighted by atomic mass is 10.1. The number of hydrogen-bond acceptors (Lipinski definition) is 3. The molecule has 0 radical (unpaired) electrons. The molecule has 0 spiro atoms. The van der Waals surface area contributed by atoms with Gasteiger partial charge in [0.1, 0.15) is 0 Å². The number of hydrogen-bond donors (Lipinski definition) is 1. The second kappa shape index (κ2) is 7.22. The van der Waals surface area contributed by atoms with E-state index in [4.69, 9.17) is 9.84 Å². The maximum atomic E-state index is 12.2. The Morgan fingerprint density at radius 1 is 1.43 bits per heavy atom. The second-order valence-corrected chi connectivity index (χ2v) is 5.42. The highest BCUT2D eigenvalue weighted by Crippen LogP contribution is 2.12. The monoisotopic (exact) mass is 291 g/mol. The summed E-state index contributed by atoms with van der Waals surface area (Å²) in [5, 5.41) is 8.79. The highest BCUT2D eigenvalue weighted by Gasteiger charge is 2.25. The average molecular weight is 291 g/mol. The Morgan fingerprint density at radius 2 is 2.24 bits per heavy atom. The Kier molecular flexibility index (Phi) is 5.33. The van der Waals surface area contributed by atoms with Crippen LogP contribution in [-0.4, -0.2) is 47.7 Å². The lowest BCUT2D eigenvalue weighted by Gasteiger charge is -2.32. The summed E-state index contributed by atoms with van der Waals surface area (Å²) in [5.74, 6) is -0.829. The number of ether oxygens (including phenoxy) is 1. The fraction of sp³-hybridized carbons (Fsp3) is 0.500. The number of carboxylic acid groups (broad SMARTS) is 1. The highest BCUT2D eigenvalue weighted by atomic mass is 16.5. The average Bonchev–Trinajstić information content (AvgIpc) is 2.44. The van der Waals surface area contributed by atoms with Gasteiger partial charge in [0.05, 0.1) is 19.1 Å². The van der Waals surface area contributed by atoms with Crippen molar-refractivity contribution in [2.45, 2.75) is 32.3 Å². The lowest BCUT2D eigenvalue weighted by molar-refractivity contribution is -0.147. The summed E-state index contributed by atoms with van der Waals surface area (Å²) in [4.78, 5) is 24.6. The normalized spacial score (nSPS) is 18.5. The van der Waals surface area contributed by atoms with Crippen molar-refractivity contribution in [2.75, 3.05) is 19.7 Å². The molecule has 5 nitrogen and oxygen atoms in total. The smallest absolute Gasteiger partial charge is 0.306 e. The molecule has 1 saturated heterocycles. The Bertz CT molecular complexity index is 515. The predicted octanol–water partition coefficient (Wildman–Crippen LogP) is 1.63. The van der Waals surface area contributed by atoms with Crippen LogP contribution in [0.3, 0.4) is 0 Å². The Hall–Kier alpha value is -1.88. The molecule has 0 bridgehead atoms. The third-order valence-corrected chi connectivity index (χ3v) is 3.60. The number of amides is 1. The molecule has 1 aromatic carbocycles. The molecule has 5 heteroatoms. The summed E-state index contributed by atoms with van der Waals surface area (Å²) in [7, 11) is 0. The summed E-state index contributed by atoms with van der Waals surface area (Å²) in [5.41, 5.74) is 2.34. The van der Waals surface area contributed by atoms with Crippen LogP contribution in [0.5, 0.6) is 0 Å². The number of benzene rings is 1. The van der Waals surface area contributed by atoms with Crippen LogP contribution >= 0.6 is 0 Å². The zero-order chi connectivity index (χ0) is 15.2. The molecule has 1 fully saturated rings. The Morgan fingerprint density at radius 3 is 2.95 bits per heavy atom. The first-order valence-electron chi connectivity index (χ1n) is 7.21. The van der Waals surface area contributed by atoms with Gasteiger partial charge >= 0.3 is 5.97 Å². The fourth-order valence-corrected chi connectivity index (χ4v) is 2.54. The minimum Gasteiger partial charge on any atom is -0.481 e. The van der Waals surface area contributed by atoms with E-state index in [2.05, 4.69) is 6.07 Å². The molecule has 0 aromatic heterocycles. The van der Waals surface area contributed by atoms with E-state index in [9.17, 15) is 9.59 Å². The van der Waals surface area contributed by atoms with Gasteiger partial charge < -0.3 is 14.7 Å². The van der Waals surface area contributed by atoms with Crippen LogP contribution in [0.2, 0.25) is 0 Å². The number of nitrogens with zero attached hydrogens (tertiary/aromatic N) is 1. The number of rotatable bonds is 5. The molecular formula is C16H21NO4. The van der Waals surface area contributed by atoms with Gasteiger partial charge in [0, 0.05) is 19.5 Å². The zero-order valence-corrected chi connectivity index (χ0v) is 12.2. The third kappa shape index (κ3) is 4.86. The van der Waals surface area contributed by atoms with Crippen LogP contribution in [0, 0.1) is 6.92 Å². The van der Waals surface area contributed by atoms with Crippen molar-refractivity contribution in [3.63, 3.8) is 0 Å². The van der Waals surface area contributed by atoms with Gasteiger partial charge in [0.15, 0.2) is 0 Å². The van der Waals surface area contributed by atoms with Gasteiger partial charge in [-0.25, -0.2) is 0 Å². The van der Waals surface area contributed by atoms with Crippen LogP contribution in [0.4, 0.5) is 0 Å². The molecule has 1 aromatic rings. The van der Waals surface area contributed by atoms with Crippen molar-refractivity contribution in [2.24, 2.45) is 0 Å². The minimum absolute atomic E-state index is 0.0539. The van der Waals surface area contributed by atoms with Gasteiger partial charge in [-0.05, 0) is 18.9 Å². The van der Waals surface area contributed by atoms with Crippen LogP contribution in [-0.2, 0) is 20.7 Å². The molecule has 2 rings (SSSR count). The lowest BCUT2D eigenvalue weighted by Crippen LogP contribution is -2.46. The van der Waals surface area contributed by atoms with Crippen molar-refractivity contribution in [3.8, 4) is 0 Å². The van der Waals surface area contributed by atoms with Crippen molar-refractivity contribution < 1.29 is 19.4 Å². The van der Waals surface area contributed by atoms with E-state index >= 15 is 0 Å². The second-order valence-electron chi connectivity index (χ2n) is 5.42. The van der Waals surface area contributed by atoms with Gasteiger partial charge in [-0.15, -0.1) is 0 Å². The van der Waals surface area contributed by atoms with Crippen LogP contribution in [0.15, 0.2) is 24.3 Å². The van der Waals surface area contributed by atoms with E-state index in [0.29, 0.717) is 32.5 Å². The van der Waals surface area contributed by atoms with Crippen molar-refractivity contribution in [3.05, 3.63) is 35.4 Å². The molecule has 1 amide bonds. The molecule has 1 N–H and O–H groups in total. The first-order chi connectivity index (χ1) is 10.0. The number of aliphatic carboxylic acids is 1. The van der Waals surface area contributed by atoms with Gasteiger partial charge in [-0.2, -0.15) is 0 Å². The minimum atomic E-state index is -0.894. The van der Waals surface area contributed by atoms with E-state index in [1.807, 2.05) is 25.1 Å². The third-order valence-electron chi connectivity index (χ3n) is 3.60. The quantitative estimate of drug-likeness (QED) is 0.895. The molecular weight excluding hydrogens is 270 g/mol. The number of carbonyl (C=O) groups is 2. The molecule has 1 aliphatic heterocycles. The van der Waals surface area contributed by atoms with Crippen molar-refractivity contribution in [1.29, 1.82) is 0 Å². The fourth-order valence-electron chi connectivity index (χ4n) is 2.54. The standard InChI is InChI=1S/C16H21NO4/c1-12-3-2-4-13(9-12)5-6-15(18)17-7-8-21-14(11-17)10-16(19)20/h2-4,9,14H,5-8,10-11H2,1H3,(H,19,20)/t14-/m1/s1. The number of morpholine rings is 1. The molecule has 1 atom stereocenters. The Balaban J connectivity index is 1.83. The largest absolute Gasteiger partial charge is 0.481 e. The van der Waals surface area contributed by atoms with Crippen LogP contribution in [0.1, 0.15) is 24.0 Å². The van der Waals surface area contributed by atoms with Crippen LogP contribution in [0.25, 0.3) is 0 Å². The van der Waals surface area contributed by atoms with E-state index in [-0.39, 0.29) is 18.4 Å². The van der Waals surface area contributed by atoms with E-state index in [0.717, 1.165) is 5.56 Å². The number of carbonyl (C=O) groups excluding carboxylic acids is 1. The molecule has 0 aliphatic carbocycles. The van der Waals surface area contributed by atoms with Gasteiger partial charge in [-0.1, -0.05) is 29.8 Å². The van der Waals surface area contributed by atoms with E-state index in [1.54, 1.807) is 4.90 Å². The first kappa shape index (κ1) is 15.5. The van der Waals surface area contributed by atoms with Crippen molar-refractivity contribution in [1.82, 2.24) is 4.90 Å². The van der Waals surface area contributed by atoms with Crippen molar-refractivity contribution >= 4 is 11.9 Å². The molecule has 0 unspecified atom stereocenters. The summed E-state index contributed by atoms with van der Waals surface area (Å²) in [6.45, 7) is 3.36. The first-order valence-corrected chi connectivity index (χ1v) is 7.21. The number of aryl methyl sites for hydroxylation is 2. The summed E-state index contributed by atoms with van der Waals surface area (Å²) in [6, 6.07) is 8.13. The predicted molar refractivity (Wildman–Crippen MR) is 78.1 cm³/mol. The van der Waals surface area contributed by atoms with Gasteiger partial charge in [0.2, 0.25) is 5.91 Å². The van der Waals surface area contributed by atoms with Crippen LogP contribution < -0.4 is 0 Å². The molecule has 21 heavy (non-hydrogen) atoms. The zero-order valence-electron chi connectivity index (χ0n) is 12.2. The summed E-state index contributed by atoms with van der Waals surface area (Å²) >= 11 is 0. The molecule has 1 heterocycles. The number of carboxylic acids is 1. The van der Waals surface area contributed by atoms with Gasteiger partial charge in [0.25, 0.3) is 0 Å². The Labute approximate surface area is 124 Å². The molecule has 1 aliphatic rings. The van der Waals surface area contributed by atoms with E-state index < -0.39 is 5.97 Å².